The zero-order valence-corrected chi connectivity index (χ0v) is 12.4. The largest absolute Gasteiger partial charge is 0.501 e. The molecule has 0 aliphatic rings. The molecular formula is C16H11F3O3S. The van der Waals surface area contributed by atoms with E-state index in [0.717, 1.165) is 12.1 Å². The van der Waals surface area contributed by atoms with Gasteiger partial charge in [-0.05, 0) is 34.9 Å². The van der Waals surface area contributed by atoms with Crippen molar-refractivity contribution in [1.82, 2.24) is 0 Å². The molecular weight excluding hydrogens is 329 g/mol. The van der Waals surface area contributed by atoms with Crippen LogP contribution in [0.5, 0.6) is 0 Å². The van der Waals surface area contributed by atoms with Gasteiger partial charge in [-0.3, -0.25) is 4.79 Å². The second-order valence-corrected chi connectivity index (χ2v) is 6.50. The topological polar surface area (TPSA) is 51.2 Å². The average Bonchev–Trinajstić information content (AvgIpc) is 2.52. The summed E-state index contributed by atoms with van der Waals surface area (Å²) in [5, 5.41) is 0. The monoisotopic (exact) mass is 340 g/mol. The van der Waals surface area contributed by atoms with Crippen LogP contribution in [-0.2, 0) is 14.6 Å². The fraction of sp³-hybridized carbons (Fsp3) is 0.0625. The maximum absolute atomic E-state index is 12.5. The number of allylic oxidation sites excluding steroid dienone is 1. The van der Waals surface area contributed by atoms with Crippen LogP contribution in [0.2, 0.25) is 0 Å². The van der Waals surface area contributed by atoms with E-state index in [9.17, 15) is 26.4 Å². The predicted octanol–water partition coefficient (Wildman–Crippen LogP) is 3.61. The van der Waals surface area contributed by atoms with E-state index in [2.05, 4.69) is 0 Å². The van der Waals surface area contributed by atoms with Crippen molar-refractivity contribution in [3.05, 3.63) is 71.8 Å². The van der Waals surface area contributed by atoms with E-state index in [1.165, 1.54) is 18.2 Å². The Balaban J connectivity index is 2.46. The standard InChI is InChI=1S/C16H11F3O3S/c17-16(18,19)23(21,22)14-8-6-13(7-9-14)15(10-11-20)12-4-2-1-3-5-12/h1-11H. The van der Waals surface area contributed by atoms with Gasteiger partial charge in [0.15, 0.2) is 0 Å². The molecule has 0 aliphatic heterocycles. The van der Waals surface area contributed by atoms with Gasteiger partial charge in [0.1, 0.15) is 6.29 Å². The van der Waals surface area contributed by atoms with Crippen LogP contribution < -0.4 is 0 Å². The Hall–Kier alpha value is -2.41. The lowest BCUT2D eigenvalue weighted by Gasteiger charge is -2.10. The fourth-order valence-corrected chi connectivity index (χ4v) is 2.75. The first-order valence-electron chi connectivity index (χ1n) is 6.40. The number of carbonyl (C=O) groups is 1. The van der Waals surface area contributed by atoms with Crippen LogP contribution in [0.4, 0.5) is 13.2 Å². The maximum atomic E-state index is 12.5. The molecule has 0 saturated carbocycles. The number of hydrogen-bond acceptors (Lipinski definition) is 3. The van der Waals surface area contributed by atoms with Gasteiger partial charge in [-0.15, -0.1) is 0 Å². The molecule has 120 valence electrons. The van der Waals surface area contributed by atoms with E-state index in [0.29, 0.717) is 23.0 Å². The summed E-state index contributed by atoms with van der Waals surface area (Å²) in [4.78, 5) is 9.96. The Morgan fingerprint density at radius 2 is 1.39 bits per heavy atom. The molecule has 0 aromatic heterocycles. The van der Waals surface area contributed by atoms with E-state index in [4.69, 9.17) is 0 Å². The Morgan fingerprint density at radius 1 is 0.870 bits per heavy atom. The predicted molar refractivity (Wildman–Crippen MR) is 79.3 cm³/mol. The number of halogens is 3. The highest BCUT2D eigenvalue weighted by Gasteiger charge is 2.46. The molecule has 7 heteroatoms. The number of carbonyl (C=O) groups excluding carboxylic acids is 1. The number of hydrogen-bond donors (Lipinski definition) is 0. The van der Waals surface area contributed by atoms with Gasteiger partial charge in [-0.2, -0.15) is 13.2 Å². The summed E-state index contributed by atoms with van der Waals surface area (Å²) in [7, 11) is -5.38. The van der Waals surface area contributed by atoms with E-state index >= 15 is 0 Å². The van der Waals surface area contributed by atoms with Gasteiger partial charge in [0, 0.05) is 0 Å². The SMILES string of the molecule is O=CC=C(c1ccccc1)c1ccc(S(=O)(=O)C(F)(F)F)cc1. The maximum Gasteiger partial charge on any atom is 0.501 e. The Kier molecular flexibility index (Phi) is 4.70. The van der Waals surface area contributed by atoms with E-state index in [-0.39, 0.29) is 0 Å². The Labute approximate surface area is 131 Å². The lowest BCUT2D eigenvalue weighted by Crippen LogP contribution is -2.23. The average molecular weight is 340 g/mol. The minimum Gasteiger partial charge on any atom is -0.299 e. The number of benzene rings is 2. The second kappa shape index (κ2) is 6.37. The molecule has 0 atom stereocenters. The van der Waals surface area contributed by atoms with Crippen molar-refractivity contribution in [2.24, 2.45) is 0 Å². The van der Waals surface area contributed by atoms with Crippen molar-refractivity contribution in [2.75, 3.05) is 0 Å². The lowest BCUT2D eigenvalue weighted by molar-refractivity contribution is -0.104. The number of sulfone groups is 1. The summed E-state index contributed by atoms with van der Waals surface area (Å²) in [6.45, 7) is 0. The summed E-state index contributed by atoms with van der Waals surface area (Å²) in [5.74, 6) is 0. The summed E-state index contributed by atoms with van der Waals surface area (Å²) in [6.07, 6.45) is 1.82. The van der Waals surface area contributed by atoms with Crippen LogP contribution >= 0.6 is 0 Å². The molecule has 0 heterocycles. The summed E-state index contributed by atoms with van der Waals surface area (Å²) >= 11 is 0. The van der Waals surface area contributed by atoms with E-state index in [1.54, 1.807) is 30.3 Å². The van der Waals surface area contributed by atoms with Gasteiger partial charge in [-0.1, -0.05) is 42.5 Å². The van der Waals surface area contributed by atoms with E-state index in [1.807, 2.05) is 0 Å². The van der Waals surface area contributed by atoms with Crippen LogP contribution in [0, 0.1) is 0 Å². The van der Waals surface area contributed by atoms with Crippen molar-refractivity contribution in [1.29, 1.82) is 0 Å². The normalized spacial score (nSPS) is 12.9. The molecule has 0 N–H and O–H groups in total. The molecule has 0 fully saturated rings. The van der Waals surface area contributed by atoms with Gasteiger partial charge in [0.05, 0.1) is 4.90 Å². The highest BCUT2D eigenvalue weighted by molar-refractivity contribution is 7.92. The van der Waals surface area contributed by atoms with Gasteiger partial charge in [-0.25, -0.2) is 8.42 Å². The molecule has 0 aliphatic carbocycles. The van der Waals surface area contributed by atoms with Gasteiger partial charge in [0.2, 0.25) is 0 Å². The van der Waals surface area contributed by atoms with Crippen LogP contribution in [0.15, 0.2) is 65.6 Å². The molecule has 23 heavy (non-hydrogen) atoms. The third-order valence-electron chi connectivity index (χ3n) is 3.10. The molecule has 0 spiro atoms. The molecule has 0 bridgehead atoms. The second-order valence-electron chi connectivity index (χ2n) is 4.56. The first kappa shape index (κ1) is 17.0. The third-order valence-corrected chi connectivity index (χ3v) is 4.60. The molecule has 2 rings (SSSR count). The van der Waals surface area contributed by atoms with Crippen molar-refractivity contribution >= 4 is 21.7 Å². The van der Waals surface area contributed by atoms with Gasteiger partial charge < -0.3 is 0 Å². The lowest BCUT2D eigenvalue weighted by atomic mass is 9.98. The number of aldehydes is 1. The molecule has 0 amide bonds. The van der Waals surface area contributed by atoms with Crippen LogP contribution in [0.1, 0.15) is 11.1 Å². The fourth-order valence-electron chi connectivity index (χ4n) is 1.99. The minimum atomic E-state index is -5.38. The first-order chi connectivity index (χ1) is 10.8. The number of alkyl halides is 3. The zero-order valence-electron chi connectivity index (χ0n) is 11.6. The van der Waals surface area contributed by atoms with Crippen LogP contribution in [0.3, 0.4) is 0 Å². The van der Waals surface area contributed by atoms with E-state index < -0.39 is 20.2 Å². The van der Waals surface area contributed by atoms with Crippen molar-refractivity contribution in [2.45, 2.75) is 10.4 Å². The van der Waals surface area contributed by atoms with Crippen LogP contribution in [0.25, 0.3) is 5.57 Å². The van der Waals surface area contributed by atoms with Crippen molar-refractivity contribution < 1.29 is 26.4 Å². The minimum absolute atomic E-state index is 0.435. The third kappa shape index (κ3) is 3.50. The van der Waals surface area contributed by atoms with Gasteiger partial charge >= 0.3 is 5.51 Å². The zero-order chi connectivity index (χ0) is 17.1. The molecule has 3 nitrogen and oxygen atoms in total. The van der Waals surface area contributed by atoms with Crippen molar-refractivity contribution in [3.63, 3.8) is 0 Å². The quantitative estimate of drug-likeness (QED) is 0.631. The number of rotatable bonds is 4. The first-order valence-corrected chi connectivity index (χ1v) is 7.88. The van der Waals surface area contributed by atoms with Crippen molar-refractivity contribution in [3.8, 4) is 0 Å². The molecule has 2 aromatic rings. The van der Waals surface area contributed by atoms with Gasteiger partial charge in [0.25, 0.3) is 9.84 Å². The molecule has 2 aromatic carbocycles. The summed E-state index contributed by atoms with van der Waals surface area (Å²) in [6, 6.07) is 13.0. The highest BCUT2D eigenvalue weighted by atomic mass is 32.2. The molecule has 0 radical (unpaired) electrons. The summed E-state index contributed by atoms with van der Waals surface area (Å²) in [5.41, 5.74) is -3.75. The Morgan fingerprint density at radius 3 is 1.87 bits per heavy atom. The highest BCUT2D eigenvalue weighted by Crippen LogP contribution is 2.31. The van der Waals surface area contributed by atoms with Crippen LogP contribution in [-0.4, -0.2) is 20.2 Å². The summed E-state index contributed by atoms with van der Waals surface area (Å²) < 4.78 is 60.2. The molecule has 0 unspecified atom stereocenters. The Bertz CT molecular complexity index is 821. The smallest absolute Gasteiger partial charge is 0.299 e. The molecule has 0 saturated heterocycles.